The molecule has 0 bridgehead atoms. The largest absolute Gasteiger partial charge is 0.492 e. The summed E-state index contributed by atoms with van der Waals surface area (Å²) in [5.74, 6) is 0.529. The van der Waals surface area contributed by atoms with Gasteiger partial charge in [-0.3, -0.25) is 15.7 Å². The number of piperidine rings is 1. The van der Waals surface area contributed by atoms with Crippen molar-refractivity contribution in [1.82, 2.24) is 14.8 Å². The molecule has 9 nitrogen and oxygen atoms in total. The number of hydrogen-bond acceptors (Lipinski definition) is 8. The van der Waals surface area contributed by atoms with Crippen LogP contribution in [0.25, 0.3) is 11.1 Å². The number of nitrogens with one attached hydrogen (secondary N) is 2. The van der Waals surface area contributed by atoms with Crippen molar-refractivity contribution in [3.05, 3.63) is 42.0 Å². The van der Waals surface area contributed by atoms with Crippen molar-refractivity contribution in [2.24, 2.45) is 5.92 Å². The van der Waals surface area contributed by atoms with Crippen LogP contribution in [0.3, 0.4) is 0 Å². The Bertz CT molecular complexity index is 1100. The van der Waals surface area contributed by atoms with Crippen molar-refractivity contribution in [2.45, 2.75) is 12.8 Å². The lowest BCUT2D eigenvalue weighted by Crippen LogP contribution is -2.41. The molecular weight excluding hydrogens is 461 g/mol. The van der Waals surface area contributed by atoms with Crippen molar-refractivity contribution in [2.75, 3.05) is 64.5 Å². The molecule has 0 aliphatic carbocycles. The van der Waals surface area contributed by atoms with E-state index < -0.39 is 5.95 Å². The third-order valence-electron chi connectivity index (χ3n) is 6.82. The molecule has 2 aromatic rings. The van der Waals surface area contributed by atoms with Gasteiger partial charge in [-0.25, -0.2) is 4.98 Å². The lowest BCUT2D eigenvalue weighted by Gasteiger charge is -2.37. The second-order valence-corrected chi connectivity index (χ2v) is 9.01. The Morgan fingerprint density at radius 2 is 2.00 bits per heavy atom. The molecule has 2 fully saturated rings. The van der Waals surface area contributed by atoms with Crippen LogP contribution in [0.2, 0.25) is 0 Å². The molecule has 10 heteroatoms. The Labute approximate surface area is 211 Å². The molecule has 2 aliphatic rings. The first-order valence-electron chi connectivity index (χ1n) is 12.2. The second-order valence-electron chi connectivity index (χ2n) is 9.01. The summed E-state index contributed by atoms with van der Waals surface area (Å²) in [7, 11) is 1.72. The quantitative estimate of drug-likeness (QED) is 0.330. The summed E-state index contributed by atoms with van der Waals surface area (Å²) in [6.07, 6.45) is 4.09. The fraction of sp³-hybridized carbons (Fsp3) is 0.462. The Morgan fingerprint density at radius 3 is 2.64 bits per heavy atom. The predicted octanol–water partition coefficient (Wildman–Crippen LogP) is 3.20. The van der Waals surface area contributed by atoms with E-state index in [2.05, 4.69) is 20.9 Å². The van der Waals surface area contributed by atoms with E-state index in [1.54, 1.807) is 19.2 Å². The van der Waals surface area contributed by atoms with E-state index in [9.17, 15) is 9.65 Å². The topological polar surface area (TPSA) is 113 Å². The number of rotatable bonds is 8. The van der Waals surface area contributed by atoms with E-state index >= 15 is 0 Å². The number of morpholine rings is 1. The Morgan fingerprint density at radius 1 is 1.25 bits per heavy atom. The SMILES string of the molecule is CN(C=N)C(=N)C1CCN(c2c(C#N)ccc(OCCN3CCOCC3)c2-c2ccc(F)nc2)CC1. The number of ether oxygens (including phenoxy) is 2. The highest BCUT2D eigenvalue weighted by atomic mass is 19.1. The Hall–Kier alpha value is -3.55. The molecule has 0 amide bonds. The zero-order valence-electron chi connectivity index (χ0n) is 20.5. The molecule has 3 heterocycles. The molecule has 1 aromatic carbocycles. The number of benzene rings is 1. The first-order chi connectivity index (χ1) is 17.5. The molecule has 0 radical (unpaired) electrons. The monoisotopic (exact) mass is 493 g/mol. The maximum Gasteiger partial charge on any atom is 0.212 e. The summed E-state index contributed by atoms with van der Waals surface area (Å²) in [6, 6.07) is 8.88. The lowest BCUT2D eigenvalue weighted by molar-refractivity contribution is 0.0323. The van der Waals surface area contributed by atoms with Crippen LogP contribution >= 0.6 is 0 Å². The van der Waals surface area contributed by atoms with Crippen LogP contribution in [0.1, 0.15) is 18.4 Å². The Kier molecular flexibility index (Phi) is 8.46. The molecule has 0 spiro atoms. The normalized spacial score (nSPS) is 16.9. The highest BCUT2D eigenvalue weighted by Crippen LogP contribution is 2.42. The summed E-state index contributed by atoms with van der Waals surface area (Å²) >= 11 is 0. The number of nitriles is 1. The molecular formula is C26H32FN7O2. The van der Waals surface area contributed by atoms with Crippen molar-refractivity contribution in [3.63, 3.8) is 0 Å². The molecule has 2 aliphatic heterocycles. The summed E-state index contributed by atoms with van der Waals surface area (Å²) in [5, 5.41) is 25.8. The first-order valence-corrected chi connectivity index (χ1v) is 12.2. The number of anilines is 1. The number of halogens is 1. The number of hydrogen-bond donors (Lipinski definition) is 2. The fourth-order valence-electron chi connectivity index (χ4n) is 4.76. The van der Waals surface area contributed by atoms with Crippen LogP contribution in [0.15, 0.2) is 30.5 Å². The molecule has 4 rings (SSSR count). The number of amidine groups is 1. The second kappa shape index (κ2) is 11.9. The van der Waals surface area contributed by atoms with E-state index in [-0.39, 0.29) is 5.92 Å². The van der Waals surface area contributed by atoms with Gasteiger partial charge in [-0.05, 0) is 37.1 Å². The molecule has 1 aromatic heterocycles. The van der Waals surface area contributed by atoms with Crippen molar-refractivity contribution in [3.8, 4) is 22.9 Å². The van der Waals surface area contributed by atoms with E-state index in [1.165, 1.54) is 17.2 Å². The van der Waals surface area contributed by atoms with Crippen LogP contribution in [0.4, 0.5) is 10.1 Å². The Balaban J connectivity index is 1.62. The molecule has 2 saturated heterocycles. The van der Waals surface area contributed by atoms with Gasteiger partial charge in [0, 0.05) is 57.4 Å². The molecule has 190 valence electrons. The van der Waals surface area contributed by atoms with Gasteiger partial charge in [0.1, 0.15) is 24.3 Å². The standard InChI is InChI=1S/C26H32FN7O2/c1-32(18-29)26(30)19-6-8-34(9-7-19)25-20(16-28)2-4-22(24(25)21-3-5-23(27)31-17-21)36-15-12-33-10-13-35-14-11-33/h2-5,17-19,29-30H,6-15H2,1H3. The number of pyridine rings is 1. The van der Waals surface area contributed by atoms with Crippen LogP contribution in [0, 0.1) is 34.0 Å². The third-order valence-corrected chi connectivity index (χ3v) is 6.82. The summed E-state index contributed by atoms with van der Waals surface area (Å²) < 4.78 is 25.3. The third kappa shape index (κ3) is 5.80. The minimum absolute atomic E-state index is 0.0438. The van der Waals surface area contributed by atoms with Gasteiger partial charge in [-0.1, -0.05) is 0 Å². The summed E-state index contributed by atoms with van der Waals surface area (Å²) in [4.78, 5) is 9.83. The smallest absolute Gasteiger partial charge is 0.212 e. The van der Waals surface area contributed by atoms with Gasteiger partial charge < -0.3 is 19.3 Å². The van der Waals surface area contributed by atoms with Crippen LogP contribution in [-0.4, -0.2) is 86.6 Å². The zero-order valence-corrected chi connectivity index (χ0v) is 20.5. The van der Waals surface area contributed by atoms with Crippen LogP contribution in [-0.2, 0) is 4.74 Å². The van der Waals surface area contributed by atoms with Crippen molar-refractivity contribution < 1.29 is 13.9 Å². The molecule has 2 N–H and O–H groups in total. The molecule has 0 saturated carbocycles. The number of aromatic nitrogens is 1. The van der Waals surface area contributed by atoms with Crippen molar-refractivity contribution >= 4 is 17.9 Å². The van der Waals surface area contributed by atoms with E-state index in [0.717, 1.165) is 63.3 Å². The van der Waals surface area contributed by atoms with Gasteiger partial charge in [0.2, 0.25) is 5.95 Å². The minimum Gasteiger partial charge on any atom is -0.492 e. The highest BCUT2D eigenvalue weighted by Gasteiger charge is 2.28. The van der Waals surface area contributed by atoms with Gasteiger partial charge in [-0.2, -0.15) is 9.65 Å². The van der Waals surface area contributed by atoms with Gasteiger partial charge in [0.15, 0.2) is 0 Å². The summed E-state index contributed by atoms with van der Waals surface area (Å²) in [6.45, 7) is 5.70. The maximum absolute atomic E-state index is 13.7. The van der Waals surface area contributed by atoms with Gasteiger partial charge in [-0.15, -0.1) is 0 Å². The fourth-order valence-corrected chi connectivity index (χ4v) is 4.76. The van der Waals surface area contributed by atoms with E-state index in [0.29, 0.717) is 42.4 Å². The first kappa shape index (κ1) is 25.5. The van der Waals surface area contributed by atoms with E-state index in [4.69, 9.17) is 20.3 Å². The maximum atomic E-state index is 13.7. The van der Waals surface area contributed by atoms with E-state index in [1.807, 2.05) is 6.07 Å². The van der Waals surface area contributed by atoms with Gasteiger partial charge >= 0.3 is 0 Å². The van der Waals surface area contributed by atoms with Crippen LogP contribution < -0.4 is 9.64 Å². The lowest BCUT2D eigenvalue weighted by atomic mass is 9.92. The van der Waals surface area contributed by atoms with Gasteiger partial charge in [0.05, 0.1) is 36.4 Å². The highest BCUT2D eigenvalue weighted by molar-refractivity contribution is 5.91. The molecule has 36 heavy (non-hydrogen) atoms. The van der Waals surface area contributed by atoms with Crippen molar-refractivity contribution in [1.29, 1.82) is 16.1 Å². The van der Waals surface area contributed by atoms with Gasteiger partial charge in [0.25, 0.3) is 0 Å². The average molecular weight is 494 g/mol. The molecule has 0 unspecified atom stereocenters. The van der Waals surface area contributed by atoms with Crippen LogP contribution in [0.5, 0.6) is 5.75 Å². The average Bonchev–Trinajstić information content (AvgIpc) is 2.93. The summed E-state index contributed by atoms with van der Waals surface area (Å²) in [5.41, 5.74) is 2.68. The minimum atomic E-state index is -0.568. The number of nitrogens with zero attached hydrogens (tertiary/aromatic N) is 5. The predicted molar refractivity (Wildman–Crippen MR) is 136 cm³/mol. The zero-order chi connectivity index (χ0) is 25.5. The molecule has 0 atom stereocenters.